The lowest BCUT2D eigenvalue weighted by atomic mass is 10.1. The highest BCUT2D eigenvalue weighted by Crippen LogP contribution is 2.11. The van der Waals surface area contributed by atoms with Gasteiger partial charge in [-0.3, -0.25) is 4.90 Å². The normalized spacial score (nSPS) is 11.5. The van der Waals surface area contributed by atoms with Crippen LogP contribution in [0.4, 0.5) is 0 Å². The first-order chi connectivity index (χ1) is 15.6. The lowest BCUT2D eigenvalue weighted by Crippen LogP contribution is -2.38. The SMILES string of the molecule is C=C=C=C=C=C=C=C=C=CC(O)CN(CCCNC)CC(O)CCCCCCCCCC. The van der Waals surface area contributed by atoms with E-state index in [0.29, 0.717) is 13.1 Å². The monoisotopic (exact) mass is 438 g/mol. The topological polar surface area (TPSA) is 55.7 Å². The summed E-state index contributed by atoms with van der Waals surface area (Å²) in [6.45, 7) is 8.33. The third-order valence-corrected chi connectivity index (χ3v) is 4.96. The fourth-order valence-electron chi connectivity index (χ4n) is 3.30. The summed E-state index contributed by atoms with van der Waals surface area (Å²) >= 11 is 0. The van der Waals surface area contributed by atoms with Crippen molar-refractivity contribution in [2.45, 2.75) is 83.3 Å². The summed E-state index contributed by atoms with van der Waals surface area (Å²) in [4.78, 5) is 2.12. The zero-order valence-corrected chi connectivity index (χ0v) is 20.2. The summed E-state index contributed by atoms with van der Waals surface area (Å²) in [7, 11) is 1.93. The first-order valence-electron chi connectivity index (χ1n) is 12.0. The van der Waals surface area contributed by atoms with E-state index in [2.05, 4.69) is 69.6 Å². The maximum absolute atomic E-state index is 10.5. The molecule has 0 fully saturated rings. The fourth-order valence-corrected chi connectivity index (χ4v) is 3.30. The van der Waals surface area contributed by atoms with Crippen LogP contribution in [0.25, 0.3) is 0 Å². The number of aliphatic hydroxyl groups is 2. The van der Waals surface area contributed by atoms with Gasteiger partial charge in [0.25, 0.3) is 0 Å². The average molecular weight is 439 g/mol. The van der Waals surface area contributed by atoms with E-state index in [4.69, 9.17) is 0 Å². The number of aliphatic hydroxyl groups excluding tert-OH is 2. The zero-order chi connectivity index (χ0) is 23.7. The van der Waals surface area contributed by atoms with Crippen LogP contribution in [-0.2, 0) is 0 Å². The van der Waals surface area contributed by atoms with Gasteiger partial charge in [0.05, 0.1) is 12.2 Å². The second-order valence-corrected chi connectivity index (χ2v) is 7.94. The van der Waals surface area contributed by atoms with Gasteiger partial charge in [0.15, 0.2) is 0 Å². The Morgan fingerprint density at radius 3 is 2.12 bits per heavy atom. The Morgan fingerprint density at radius 1 is 0.844 bits per heavy atom. The van der Waals surface area contributed by atoms with Gasteiger partial charge in [0, 0.05) is 13.1 Å². The van der Waals surface area contributed by atoms with Crippen molar-refractivity contribution in [3.63, 3.8) is 0 Å². The first kappa shape index (κ1) is 29.8. The van der Waals surface area contributed by atoms with Crippen molar-refractivity contribution >= 4 is 0 Å². The summed E-state index contributed by atoms with van der Waals surface area (Å²) in [6.07, 6.45) is 12.3. The lowest BCUT2D eigenvalue weighted by molar-refractivity contribution is 0.0776. The Morgan fingerprint density at radius 2 is 1.47 bits per heavy atom. The van der Waals surface area contributed by atoms with Crippen LogP contribution >= 0.6 is 0 Å². The molecule has 0 aliphatic heterocycles. The van der Waals surface area contributed by atoms with Gasteiger partial charge >= 0.3 is 0 Å². The summed E-state index contributed by atoms with van der Waals surface area (Å²) in [5, 5.41) is 23.9. The van der Waals surface area contributed by atoms with Gasteiger partial charge in [-0.15, -0.1) is 0 Å². The molecule has 4 nitrogen and oxygen atoms in total. The van der Waals surface area contributed by atoms with Crippen LogP contribution in [0.15, 0.2) is 58.5 Å². The maximum Gasteiger partial charge on any atom is 0.0927 e. The molecule has 0 amide bonds. The van der Waals surface area contributed by atoms with E-state index in [-0.39, 0.29) is 6.10 Å². The van der Waals surface area contributed by atoms with Gasteiger partial charge in [0.1, 0.15) is 0 Å². The minimum absolute atomic E-state index is 0.367. The molecule has 0 saturated heterocycles. The van der Waals surface area contributed by atoms with Crippen LogP contribution in [0.5, 0.6) is 0 Å². The van der Waals surface area contributed by atoms with Crippen molar-refractivity contribution < 1.29 is 10.2 Å². The molecule has 4 heteroatoms. The fraction of sp³-hybridized carbons (Fsp3) is 0.643. The highest BCUT2D eigenvalue weighted by atomic mass is 16.3. The van der Waals surface area contributed by atoms with E-state index >= 15 is 0 Å². The van der Waals surface area contributed by atoms with E-state index in [1.807, 2.05) is 7.05 Å². The van der Waals surface area contributed by atoms with Gasteiger partial charge in [-0.05, 0) is 80.0 Å². The first-order valence-corrected chi connectivity index (χ1v) is 12.0. The predicted octanol–water partition coefficient (Wildman–Crippen LogP) is 4.58. The second kappa shape index (κ2) is 23.5. The van der Waals surface area contributed by atoms with Crippen molar-refractivity contribution in [1.82, 2.24) is 10.2 Å². The number of rotatable bonds is 18. The minimum Gasteiger partial charge on any atom is -0.392 e. The molecule has 0 radical (unpaired) electrons. The number of nitrogens with zero attached hydrogens (tertiary/aromatic N) is 1. The molecule has 0 aliphatic rings. The molecule has 0 saturated carbocycles. The Hall–Kier alpha value is -2.18. The van der Waals surface area contributed by atoms with E-state index < -0.39 is 6.10 Å². The Labute approximate surface area is 195 Å². The van der Waals surface area contributed by atoms with Gasteiger partial charge in [-0.25, -0.2) is 0 Å². The van der Waals surface area contributed by atoms with Crippen molar-refractivity contribution in [1.29, 1.82) is 0 Å². The van der Waals surface area contributed by atoms with Gasteiger partial charge in [0.2, 0.25) is 0 Å². The summed E-state index contributed by atoms with van der Waals surface area (Å²) in [6, 6.07) is 0. The summed E-state index contributed by atoms with van der Waals surface area (Å²) in [5.74, 6) is 0. The van der Waals surface area contributed by atoms with Crippen molar-refractivity contribution in [3.05, 3.63) is 58.5 Å². The van der Waals surface area contributed by atoms with Crippen molar-refractivity contribution in [3.8, 4) is 0 Å². The van der Waals surface area contributed by atoms with E-state index in [0.717, 1.165) is 32.4 Å². The minimum atomic E-state index is -0.697. The molecule has 0 spiro atoms. The lowest BCUT2D eigenvalue weighted by Gasteiger charge is -2.26. The molecule has 0 aliphatic carbocycles. The number of hydrogen-bond donors (Lipinski definition) is 3. The van der Waals surface area contributed by atoms with Gasteiger partial charge in [-0.1, -0.05) is 69.8 Å². The summed E-state index contributed by atoms with van der Waals surface area (Å²) < 4.78 is 0. The van der Waals surface area contributed by atoms with Crippen LogP contribution in [-0.4, -0.2) is 60.5 Å². The second-order valence-electron chi connectivity index (χ2n) is 7.94. The number of hydrogen-bond acceptors (Lipinski definition) is 4. The molecule has 0 bridgehead atoms. The third kappa shape index (κ3) is 21.1. The molecular formula is C28H42N2O2. The molecule has 2 atom stereocenters. The number of nitrogens with one attached hydrogen (secondary N) is 1. The van der Waals surface area contributed by atoms with Crippen LogP contribution in [0.3, 0.4) is 0 Å². The Bertz CT molecular complexity index is 768. The quantitative estimate of drug-likeness (QED) is 0.217. The molecular weight excluding hydrogens is 396 g/mol. The Kier molecular flexibility index (Phi) is 21.9. The van der Waals surface area contributed by atoms with Crippen LogP contribution in [0, 0.1) is 0 Å². The van der Waals surface area contributed by atoms with Gasteiger partial charge in [-0.2, -0.15) is 0 Å². The highest BCUT2D eigenvalue weighted by molar-refractivity contribution is 4.93. The molecule has 0 rings (SSSR count). The Balaban J connectivity index is 4.58. The van der Waals surface area contributed by atoms with E-state index in [9.17, 15) is 10.2 Å². The van der Waals surface area contributed by atoms with Crippen molar-refractivity contribution in [2.24, 2.45) is 0 Å². The molecule has 3 N–H and O–H groups in total. The molecule has 32 heavy (non-hydrogen) atoms. The molecule has 176 valence electrons. The molecule has 0 aromatic heterocycles. The average Bonchev–Trinajstić information content (AvgIpc) is 2.77. The molecule has 0 aromatic carbocycles. The highest BCUT2D eigenvalue weighted by Gasteiger charge is 2.14. The predicted molar refractivity (Wildman–Crippen MR) is 133 cm³/mol. The maximum atomic E-state index is 10.5. The molecule has 2 unspecified atom stereocenters. The molecule has 0 heterocycles. The molecule has 0 aromatic rings. The standard InChI is InChI=1S/C28H42N2O2/c1-4-6-8-10-12-14-16-18-21-27(31)25-30(24-20-23-29-3)26-28(32)22-19-17-15-13-11-9-7-5-2/h21,27-29,31-32H,1,5,7,9,11,13,15,17,19-20,22-26H2,2-3H3. The van der Waals surface area contributed by atoms with Gasteiger partial charge < -0.3 is 15.5 Å². The zero-order valence-electron chi connectivity index (χ0n) is 20.2. The third-order valence-electron chi connectivity index (χ3n) is 4.96. The summed E-state index contributed by atoms with van der Waals surface area (Å²) in [5.41, 5.74) is 20.5. The largest absolute Gasteiger partial charge is 0.392 e. The van der Waals surface area contributed by atoms with Crippen LogP contribution in [0.2, 0.25) is 0 Å². The van der Waals surface area contributed by atoms with E-state index in [1.54, 1.807) is 0 Å². The van der Waals surface area contributed by atoms with E-state index in [1.165, 1.54) is 51.0 Å². The smallest absolute Gasteiger partial charge is 0.0927 e. The van der Waals surface area contributed by atoms with Crippen LogP contribution in [0.1, 0.15) is 71.1 Å². The number of unbranched alkanes of at least 4 members (excludes halogenated alkanes) is 7. The van der Waals surface area contributed by atoms with Crippen LogP contribution < -0.4 is 5.32 Å². The van der Waals surface area contributed by atoms with Crippen molar-refractivity contribution in [2.75, 3.05) is 33.2 Å².